The maximum absolute atomic E-state index is 9.41. The normalized spacial score (nSPS) is 23.0. The summed E-state index contributed by atoms with van der Waals surface area (Å²) in [6.45, 7) is 10.6. The molecular weight excluding hydrogens is 238 g/mol. The van der Waals surface area contributed by atoms with E-state index in [0.29, 0.717) is 18.2 Å². The molecule has 0 aromatic heterocycles. The van der Waals surface area contributed by atoms with Gasteiger partial charge in [0.25, 0.3) is 0 Å². The first-order valence-electron chi connectivity index (χ1n) is 7.36. The predicted molar refractivity (Wildman–Crippen MR) is 78.0 cm³/mol. The summed E-state index contributed by atoms with van der Waals surface area (Å²) in [4.78, 5) is 2.48. The molecule has 0 saturated carbocycles. The number of rotatable bonds is 6. The lowest BCUT2D eigenvalue weighted by atomic mass is 9.92. The molecule has 1 aliphatic rings. The van der Waals surface area contributed by atoms with E-state index in [0.717, 1.165) is 32.4 Å². The molecule has 0 amide bonds. The minimum atomic E-state index is -0.439. The summed E-state index contributed by atoms with van der Waals surface area (Å²) in [5.41, 5.74) is -0.439. The van der Waals surface area contributed by atoms with Gasteiger partial charge in [0.1, 0.15) is 5.54 Å². The van der Waals surface area contributed by atoms with E-state index in [1.807, 2.05) is 6.92 Å². The Morgan fingerprint density at radius 3 is 2.37 bits per heavy atom. The van der Waals surface area contributed by atoms with Gasteiger partial charge in [-0.05, 0) is 47.0 Å². The number of ether oxygens (including phenoxy) is 1. The second-order valence-corrected chi connectivity index (χ2v) is 6.27. The zero-order valence-corrected chi connectivity index (χ0v) is 13.1. The molecule has 0 aromatic carbocycles. The molecule has 0 bridgehead atoms. The minimum absolute atomic E-state index is 0.330. The van der Waals surface area contributed by atoms with Crippen molar-refractivity contribution in [3.8, 4) is 6.07 Å². The van der Waals surface area contributed by atoms with Gasteiger partial charge in [0.05, 0.1) is 12.2 Å². The number of piperidine rings is 1. The van der Waals surface area contributed by atoms with Gasteiger partial charge < -0.3 is 9.64 Å². The van der Waals surface area contributed by atoms with Crippen molar-refractivity contribution in [3.05, 3.63) is 0 Å². The van der Waals surface area contributed by atoms with Crippen LogP contribution < -0.4 is 5.32 Å². The van der Waals surface area contributed by atoms with E-state index in [1.54, 1.807) is 7.11 Å². The molecule has 110 valence electrons. The lowest BCUT2D eigenvalue weighted by molar-refractivity contribution is 0.0258. The molecule has 2 unspecified atom stereocenters. The van der Waals surface area contributed by atoms with Crippen LogP contribution in [0.5, 0.6) is 0 Å². The molecule has 1 fully saturated rings. The van der Waals surface area contributed by atoms with Crippen LogP contribution in [-0.4, -0.2) is 48.8 Å². The fourth-order valence-electron chi connectivity index (χ4n) is 3.05. The highest BCUT2D eigenvalue weighted by Gasteiger charge is 2.30. The lowest BCUT2D eigenvalue weighted by Gasteiger charge is -2.38. The van der Waals surface area contributed by atoms with Gasteiger partial charge in [0.2, 0.25) is 0 Å². The fourth-order valence-corrected chi connectivity index (χ4v) is 3.05. The van der Waals surface area contributed by atoms with Crippen molar-refractivity contribution in [2.75, 3.05) is 20.2 Å². The molecule has 1 rings (SSSR count). The predicted octanol–water partition coefficient (Wildman–Crippen LogP) is 2.16. The highest BCUT2D eigenvalue weighted by atomic mass is 16.5. The number of nitrogens with zero attached hydrogens (tertiary/aromatic N) is 2. The second kappa shape index (κ2) is 7.23. The minimum Gasteiger partial charge on any atom is -0.381 e. The van der Waals surface area contributed by atoms with Crippen LogP contribution in [0.4, 0.5) is 0 Å². The van der Waals surface area contributed by atoms with Crippen LogP contribution in [0.2, 0.25) is 0 Å². The third-order valence-electron chi connectivity index (χ3n) is 3.99. The molecule has 0 aliphatic carbocycles. The maximum Gasteiger partial charge on any atom is 0.105 e. The molecule has 1 saturated heterocycles. The Kier molecular flexibility index (Phi) is 6.25. The van der Waals surface area contributed by atoms with Crippen LogP contribution in [0.3, 0.4) is 0 Å². The average Bonchev–Trinajstić information content (AvgIpc) is 2.37. The van der Waals surface area contributed by atoms with Crippen LogP contribution in [0, 0.1) is 11.3 Å². The Labute approximate surface area is 118 Å². The highest BCUT2D eigenvalue weighted by Crippen LogP contribution is 2.21. The van der Waals surface area contributed by atoms with Gasteiger partial charge in [-0.25, -0.2) is 0 Å². The first-order valence-corrected chi connectivity index (χ1v) is 7.36. The first-order chi connectivity index (χ1) is 8.90. The molecule has 19 heavy (non-hydrogen) atoms. The second-order valence-electron chi connectivity index (χ2n) is 6.27. The van der Waals surface area contributed by atoms with Crippen molar-refractivity contribution in [2.45, 2.75) is 70.7 Å². The van der Waals surface area contributed by atoms with Crippen LogP contribution in [0.1, 0.15) is 47.0 Å². The molecule has 0 radical (unpaired) electrons. The summed E-state index contributed by atoms with van der Waals surface area (Å²) in [5, 5.41) is 12.8. The van der Waals surface area contributed by atoms with Crippen LogP contribution in [0.15, 0.2) is 0 Å². The molecule has 1 heterocycles. The Balaban J connectivity index is 2.50. The molecule has 4 heteroatoms. The lowest BCUT2D eigenvalue weighted by Crippen LogP contribution is -2.51. The summed E-state index contributed by atoms with van der Waals surface area (Å²) in [6.07, 6.45) is 3.47. The Bertz CT molecular complexity index is 305. The smallest absolute Gasteiger partial charge is 0.105 e. The van der Waals surface area contributed by atoms with E-state index in [9.17, 15) is 5.26 Å². The highest BCUT2D eigenvalue weighted by molar-refractivity contribution is 5.06. The van der Waals surface area contributed by atoms with Crippen molar-refractivity contribution in [1.29, 1.82) is 5.26 Å². The van der Waals surface area contributed by atoms with Crippen molar-refractivity contribution in [3.63, 3.8) is 0 Å². The number of nitriles is 1. The van der Waals surface area contributed by atoms with Gasteiger partial charge in [-0.15, -0.1) is 0 Å². The van der Waals surface area contributed by atoms with Gasteiger partial charge in [0, 0.05) is 32.3 Å². The summed E-state index contributed by atoms with van der Waals surface area (Å²) < 4.78 is 5.40. The quantitative estimate of drug-likeness (QED) is 0.801. The van der Waals surface area contributed by atoms with Crippen LogP contribution in [-0.2, 0) is 4.74 Å². The van der Waals surface area contributed by atoms with Gasteiger partial charge in [-0.3, -0.25) is 5.32 Å². The molecule has 2 atom stereocenters. The number of hydrogen-bond acceptors (Lipinski definition) is 4. The summed E-state index contributed by atoms with van der Waals surface area (Å²) in [5.74, 6) is 0. The van der Waals surface area contributed by atoms with Crippen LogP contribution >= 0.6 is 0 Å². The van der Waals surface area contributed by atoms with E-state index in [2.05, 4.69) is 37.1 Å². The standard InChI is InChI=1S/C15H29N3O/c1-12(2)17-15(4,11-16)10-13(3)18-8-6-14(19-5)7-9-18/h12-14,17H,6-10H2,1-5H3. The van der Waals surface area contributed by atoms with Gasteiger partial charge in [-0.1, -0.05) is 0 Å². The van der Waals surface area contributed by atoms with E-state index >= 15 is 0 Å². The van der Waals surface area contributed by atoms with Gasteiger partial charge >= 0.3 is 0 Å². The van der Waals surface area contributed by atoms with E-state index in [1.165, 1.54) is 0 Å². The largest absolute Gasteiger partial charge is 0.381 e. The molecule has 1 N–H and O–H groups in total. The third kappa shape index (κ3) is 5.10. The number of methoxy groups -OCH3 is 1. The van der Waals surface area contributed by atoms with Gasteiger partial charge in [-0.2, -0.15) is 5.26 Å². The Morgan fingerprint density at radius 2 is 1.95 bits per heavy atom. The van der Waals surface area contributed by atoms with Crippen molar-refractivity contribution in [1.82, 2.24) is 10.2 Å². The summed E-state index contributed by atoms with van der Waals surface area (Å²) in [7, 11) is 1.79. The topological polar surface area (TPSA) is 48.3 Å². The maximum atomic E-state index is 9.41. The third-order valence-corrected chi connectivity index (χ3v) is 3.99. The summed E-state index contributed by atoms with van der Waals surface area (Å²) >= 11 is 0. The molecule has 1 aliphatic heterocycles. The SMILES string of the molecule is COC1CCN(C(C)CC(C)(C#N)NC(C)C)CC1. The van der Waals surface area contributed by atoms with E-state index in [-0.39, 0.29) is 0 Å². The first kappa shape index (κ1) is 16.4. The molecular formula is C15H29N3O. The van der Waals surface area contributed by atoms with Crippen LogP contribution in [0.25, 0.3) is 0 Å². The Hall–Kier alpha value is -0.630. The van der Waals surface area contributed by atoms with Gasteiger partial charge in [0.15, 0.2) is 0 Å². The Morgan fingerprint density at radius 1 is 1.37 bits per heavy atom. The molecule has 0 spiro atoms. The number of hydrogen-bond donors (Lipinski definition) is 1. The monoisotopic (exact) mass is 267 g/mol. The number of nitrogens with one attached hydrogen (secondary N) is 1. The zero-order valence-electron chi connectivity index (χ0n) is 13.1. The summed E-state index contributed by atoms with van der Waals surface area (Å²) in [6, 6.07) is 3.19. The van der Waals surface area contributed by atoms with Crippen molar-refractivity contribution < 1.29 is 4.74 Å². The number of likely N-dealkylation sites (tertiary alicyclic amines) is 1. The molecule has 4 nitrogen and oxygen atoms in total. The zero-order chi connectivity index (χ0) is 14.5. The van der Waals surface area contributed by atoms with E-state index < -0.39 is 5.54 Å². The molecule has 0 aromatic rings. The van der Waals surface area contributed by atoms with Crippen molar-refractivity contribution in [2.24, 2.45) is 0 Å². The average molecular weight is 267 g/mol. The fraction of sp³-hybridized carbons (Fsp3) is 0.933. The van der Waals surface area contributed by atoms with E-state index in [4.69, 9.17) is 4.74 Å². The van der Waals surface area contributed by atoms with Crippen molar-refractivity contribution >= 4 is 0 Å².